The molecule has 6 nitrogen and oxygen atoms in total. The van der Waals surface area contributed by atoms with Crippen LogP contribution in [0.25, 0.3) is 11.3 Å². The molecule has 0 spiro atoms. The number of H-pyrrole nitrogens is 1. The molecule has 0 radical (unpaired) electrons. The topological polar surface area (TPSA) is 85.3 Å². The first kappa shape index (κ1) is 24.6. The van der Waals surface area contributed by atoms with Crippen LogP contribution >= 0.6 is 0 Å². The zero-order valence-electron chi connectivity index (χ0n) is 21.3. The van der Waals surface area contributed by atoms with Gasteiger partial charge in [-0.2, -0.15) is 5.10 Å². The molecule has 1 saturated heterocycles. The molecule has 1 unspecified atom stereocenters. The molecule has 182 valence electrons. The zero-order valence-corrected chi connectivity index (χ0v) is 21.3. The van der Waals surface area contributed by atoms with Crippen molar-refractivity contribution in [2.45, 2.75) is 64.6 Å². The highest BCUT2D eigenvalue weighted by Crippen LogP contribution is 2.50. The van der Waals surface area contributed by atoms with E-state index in [1.807, 2.05) is 12.1 Å². The molecule has 1 atom stereocenters. The van der Waals surface area contributed by atoms with Gasteiger partial charge in [-0.3, -0.25) is 10.1 Å². The Morgan fingerprint density at radius 3 is 2.21 bits per heavy atom. The lowest BCUT2D eigenvalue weighted by Gasteiger charge is -2.55. The molecule has 1 aromatic carbocycles. The van der Waals surface area contributed by atoms with E-state index in [9.17, 15) is 10.2 Å². The van der Waals surface area contributed by atoms with Gasteiger partial charge in [0.15, 0.2) is 0 Å². The highest BCUT2D eigenvalue weighted by atomic mass is 16.3. The Morgan fingerprint density at radius 2 is 1.68 bits per heavy atom. The van der Waals surface area contributed by atoms with Crippen molar-refractivity contribution in [2.24, 2.45) is 5.41 Å². The van der Waals surface area contributed by atoms with Crippen LogP contribution in [0.5, 0.6) is 0 Å². The van der Waals surface area contributed by atoms with Crippen molar-refractivity contribution in [2.75, 3.05) is 20.1 Å². The van der Waals surface area contributed by atoms with E-state index in [2.05, 4.69) is 72.2 Å². The number of hydrogen-bond acceptors (Lipinski definition) is 5. The number of aromatic nitrogens is 3. The van der Waals surface area contributed by atoms with Gasteiger partial charge in [0.2, 0.25) is 0 Å². The number of aliphatic hydroxyl groups is 2. The average Bonchev–Trinajstić information content (AvgIpc) is 3.30. The molecule has 0 amide bonds. The van der Waals surface area contributed by atoms with Crippen molar-refractivity contribution in [3.05, 3.63) is 71.2 Å². The second-order valence-corrected chi connectivity index (χ2v) is 10.8. The highest BCUT2D eigenvalue weighted by Gasteiger charge is 2.55. The summed E-state index contributed by atoms with van der Waals surface area (Å²) in [6, 6.07) is 12.3. The Labute approximate surface area is 203 Å². The summed E-state index contributed by atoms with van der Waals surface area (Å²) in [6.07, 6.45) is 5.72. The second kappa shape index (κ2) is 8.91. The highest BCUT2D eigenvalue weighted by molar-refractivity contribution is 5.60. The summed E-state index contributed by atoms with van der Waals surface area (Å²) >= 11 is 0. The molecule has 6 heteroatoms. The zero-order chi connectivity index (χ0) is 24.7. The molecule has 0 aliphatic carbocycles. The molecule has 1 aliphatic heterocycles. The van der Waals surface area contributed by atoms with Crippen molar-refractivity contribution in [1.82, 2.24) is 20.1 Å². The van der Waals surface area contributed by atoms with Gasteiger partial charge in [-0.15, -0.1) is 0 Å². The predicted molar refractivity (Wildman–Crippen MR) is 135 cm³/mol. The van der Waals surface area contributed by atoms with Gasteiger partial charge in [0.05, 0.1) is 11.4 Å². The maximum absolute atomic E-state index is 12.5. The van der Waals surface area contributed by atoms with E-state index in [-0.39, 0.29) is 5.41 Å². The van der Waals surface area contributed by atoms with Crippen LogP contribution in [-0.4, -0.2) is 50.4 Å². The number of hydrogen-bond donors (Lipinski definition) is 3. The van der Waals surface area contributed by atoms with E-state index in [4.69, 9.17) is 0 Å². The summed E-state index contributed by atoms with van der Waals surface area (Å²) in [5, 5.41) is 30.1. The number of pyridine rings is 1. The van der Waals surface area contributed by atoms with E-state index in [1.54, 1.807) is 26.2 Å². The van der Waals surface area contributed by atoms with Gasteiger partial charge in [0.25, 0.3) is 0 Å². The van der Waals surface area contributed by atoms with Crippen LogP contribution in [0.4, 0.5) is 0 Å². The molecule has 3 heterocycles. The Balaban J connectivity index is 1.78. The Hall–Kier alpha value is -2.54. The Kier molecular flexibility index (Phi) is 6.44. The molecule has 1 fully saturated rings. The fourth-order valence-corrected chi connectivity index (χ4v) is 5.56. The van der Waals surface area contributed by atoms with Gasteiger partial charge in [-0.1, -0.05) is 45.0 Å². The molecule has 3 aromatic rings. The van der Waals surface area contributed by atoms with Crippen molar-refractivity contribution in [3.63, 3.8) is 0 Å². The van der Waals surface area contributed by atoms with Crippen molar-refractivity contribution < 1.29 is 10.2 Å². The first-order chi connectivity index (χ1) is 16.0. The van der Waals surface area contributed by atoms with Gasteiger partial charge in [-0.25, -0.2) is 0 Å². The minimum absolute atomic E-state index is 0.359. The molecular formula is C28H38N4O2. The van der Waals surface area contributed by atoms with E-state index in [0.29, 0.717) is 17.3 Å². The summed E-state index contributed by atoms with van der Waals surface area (Å²) in [5.74, 6) is 0.530. The van der Waals surface area contributed by atoms with Gasteiger partial charge < -0.3 is 15.1 Å². The van der Waals surface area contributed by atoms with Crippen LogP contribution < -0.4 is 0 Å². The molecule has 0 bridgehead atoms. The predicted octanol–water partition coefficient (Wildman–Crippen LogP) is 4.79. The fraction of sp³-hybridized carbons (Fsp3) is 0.500. The SMILES string of the molecule is CCC(CC)c1ccc(C(O)(c2cncc(-c3cc(C(C)(C)O)[nH]n3)c2)C2(C)CN(C)C2)cc1. The van der Waals surface area contributed by atoms with Crippen LogP contribution in [-0.2, 0) is 11.2 Å². The summed E-state index contributed by atoms with van der Waals surface area (Å²) in [6.45, 7) is 11.6. The third kappa shape index (κ3) is 4.19. The van der Waals surface area contributed by atoms with E-state index < -0.39 is 11.2 Å². The van der Waals surface area contributed by atoms with Crippen molar-refractivity contribution in [3.8, 4) is 11.3 Å². The first-order valence-corrected chi connectivity index (χ1v) is 12.3. The lowest BCUT2D eigenvalue weighted by Crippen LogP contribution is -2.63. The van der Waals surface area contributed by atoms with Gasteiger partial charge in [0, 0.05) is 42.0 Å². The Bertz CT molecular complexity index is 1120. The van der Waals surface area contributed by atoms with Crippen LogP contribution in [0, 0.1) is 5.41 Å². The number of likely N-dealkylation sites (tertiary alicyclic amines) is 1. The summed E-state index contributed by atoms with van der Waals surface area (Å²) in [7, 11) is 2.08. The number of benzene rings is 1. The third-order valence-electron chi connectivity index (χ3n) is 7.59. The van der Waals surface area contributed by atoms with Crippen LogP contribution in [0.3, 0.4) is 0 Å². The van der Waals surface area contributed by atoms with E-state index in [0.717, 1.165) is 42.6 Å². The number of nitrogens with one attached hydrogen (secondary N) is 1. The number of aromatic amines is 1. The van der Waals surface area contributed by atoms with Crippen LogP contribution in [0.15, 0.2) is 48.8 Å². The van der Waals surface area contributed by atoms with Crippen LogP contribution in [0.2, 0.25) is 0 Å². The standard InChI is InChI=1S/C28H38N4O2/c1-7-19(8-2)20-9-11-22(12-10-20)28(34,27(5)17-32(6)18-27)23-13-21(15-29-16-23)24-14-25(31-30-24)26(3,4)33/h9-16,19,33-34H,7-8,17-18H2,1-6H3,(H,30,31). The lowest BCUT2D eigenvalue weighted by atomic mass is 9.62. The lowest BCUT2D eigenvalue weighted by molar-refractivity contribution is -0.127. The maximum atomic E-state index is 12.5. The van der Waals surface area contributed by atoms with Gasteiger partial charge >= 0.3 is 0 Å². The molecule has 2 aromatic heterocycles. The normalized spacial score (nSPS) is 18.0. The minimum Gasteiger partial charge on any atom is -0.384 e. The molecule has 3 N–H and O–H groups in total. The molecule has 1 aliphatic rings. The summed E-state index contributed by atoms with van der Waals surface area (Å²) < 4.78 is 0. The van der Waals surface area contributed by atoms with Gasteiger partial charge in [-0.05, 0) is 62.9 Å². The van der Waals surface area contributed by atoms with E-state index >= 15 is 0 Å². The average molecular weight is 463 g/mol. The Morgan fingerprint density at radius 1 is 1.03 bits per heavy atom. The quantitative estimate of drug-likeness (QED) is 0.448. The summed E-state index contributed by atoms with van der Waals surface area (Å²) in [4.78, 5) is 6.72. The fourth-order valence-electron chi connectivity index (χ4n) is 5.56. The maximum Gasteiger partial charge on any atom is 0.124 e. The number of rotatable bonds is 8. The minimum atomic E-state index is -1.20. The smallest absolute Gasteiger partial charge is 0.124 e. The first-order valence-electron chi connectivity index (χ1n) is 12.3. The van der Waals surface area contributed by atoms with Crippen LogP contribution in [0.1, 0.15) is 75.8 Å². The monoisotopic (exact) mass is 462 g/mol. The molecule has 34 heavy (non-hydrogen) atoms. The summed E-state index contributed by atoms with van der Waals surface area (Å²) in [5.41, 5.74) is 2.49. The second-order valence-electron chi connectivity index (χ2n) is 10.8. The largest absolute Gasteiger partial charge is 0.384 e. The van der Waals surface area contributed by atoms with Crippen molar-refractivity contribution >= 4 is 0 Å². The van der Waals surface area contributed by atoms with Crippen molar-refractivity contribution in [1.29, 1.82) is 0 Å². The number of nitrogens with zero attached hydrogens (tertiary/aromatic N) is 3. The van der Waals surface area contributed by atoms with E-state index in [1.165, 1.54) is 5.56 Å². The molecule has 0 saturated carbocycles. The third-order valence-corrected chi connectivity index (χ3v) is 7.59. The van der Waals surface area contributed by atoms with Gasteiger partial charge in [0.1, 0.15) is 11.2 Å². The molecular weight excluding hydrogens is 424 g/mol. The molecule has 4 rings (SSSR count).